The van der Waals surface area contributed by atoms with E-state index in [1.54, 1.807) is 12.2 Å². The van der Waals surface area contributed by atoms with Gasteiger partial charge in [-0.15, -0.1) is 0 Å². The van der Waals surface area contributed by atoms with Crippen molar-refractivity contribution < 1.29 is 14.3 Å². The fourth-order valence-corrected chi connectivity index (χ4v) is 3.81. The van der Waals surface area contributed by atoms with E-state index in [1.807, 2.05) is 23.0 Å². The quantitative estimate of drug-likeness (QED) is 0.397. The first-order valence-electron chi connectivity index (χ1n) is 8.01. The Morgan fingerprint density at radius 1 is 1.48 bits per heavy atom. The fraction of sp³-hybridized carbons (Fsp3) is 0.333. The zero-order valence-corrected chi connectivity index (χ0v) is 16.1. The largest absolute Gasteiger partial charge is 0.466 e. The van der Waals surface area contributed by atoms with E-state index in [2.05, 4.69) is 25.8 Å². The molecular formula is C18H18BrClN2O3. The summed E-state index contributed by atoms with van der Waals surface area (Å²) in [4.78, 5) is 11.1. The van der Waals surface area contributed by atoms with Crippen molar-refractivity contribution in [2.24, 2.45) is 0 Å². The maximum atomic E-state index is 11.1. The number of carbonyl (C=O) groups is 1. The molecule has 1 aliphatic heterocycles. The number of nitrogens with zero attached hydrogens (tertiary/aromatic N) is 2. The monoisotopic (exact) mass is 424 g/mol. The lowest BCUT2D eigenvalue weighted by Gasteiger charge is -2.23. The number of aromatic nitrogens is 2. The second-order valence-corrected chi connectivity index (χ2v) is 6.87. The standard InChI is InChI=1S/C18H18BrClN2O3/c1-24-17(23)8-3-2-6-12-14(20)10-15-13(18(12)19)11-21-22(15)16-7-4-5-9-25-16/h2-3,6,8,10-11,16H,4-5,7,9H2,1H3/b6-2+,8-3+. The third-order valence-electron chi connectivity index (χ3n) is 4.06. The lowest BCUT2D eigenvalue weighted by molar-refractivity contribution is -0.134. The number of benzene rings is 1. The van der Waals surface area contributed by atoms with Crippen molar-refractivity contribution in [2.45, 2.75) is 25.5 Å². The molecule has 1 aliphatic rings. The van der Waals surface area contributed by atoms with Crippen molar-refractivity contribution in [1.82, 2.24) is 9.78 Å². The van der Waals surface area contributed by atoms with Crippen LogP contribution in [0.5, 0.6) is 0 Å². The van der Waals surface area contributed by atoms with Gasteiger partial charge in [-0.25, -0.2) is 9.48 Å². The predicted octanol–water partition coefficient (Wildman–Crippen LogP) is 4.89. The van der Waals surface area contributed by atoms with Gasteiger partial charge in [0.15, 0.2) is 6.23 Å². The smallest absolute Gasteiger partial charge is 0.330 e. The minimum atomic E-state index is -0.404. The van der Waals surface area contributed by atoms with E-state index in [-0.39, 0.29) is 6.23 Å². The van der Waals surface area contributed by atoms with Crippen LogP contribution in [0.2, 0.25) is 5.02 Å². The minimum Gasteiger partial charge on any atom is -0.466 e. The number of esters is 1. The van der Waals surface area contributed by atoms with Crippen molar-refractivity contribution in [3.8, 4) is 0 Å². The van der Waals surface area contributed by atoms with Crippen LogP contribution in [-0.2, 0) is 14.3 Å². The number of hydrogen-bond donors (Lipinski definition) is 0. The van der Waals surface area contributed by atoms with Crippen molar-refractivity contribution in [3.63, 3.8) is 0 Å². The second-order valence-electron chi connectivity index (χ2n) is 5.67. The highest BCUT2D eigenvalue weighted by Crippen LogP contribution is 2.36. The molecule has 3 rings (SSSR count). The van der Waals surface area contributed by atoms with Gasteiger partial charge in [0.1, 0.15) is 0 Å². The molecule has 1 fully saturated rings. The average molecular weight is 426 g/mol. The van der Waals surface area contributed by atoms with Gasteiger partial charge in [-0.05, 0) is 41.3 Å². The van der Waals surface area contributed by atoms with Crippen molar-refractivity contribution in [2.75, 3.05) is 13.7 Å². The van der Waals surface area contributed by atoms with E-state index in [9.17, 15) is 4.79 Å². The first-order chi connectivity index (χ1) is 12.1. The number of methoxy groups -OCH3 is 1. The molecule has 0 N–H and O–H groups in total. The number of fused-ring (bicyclic) bond motifs is 1. The minimum absolute atomic E-state index is 0.0430. The highest BCUT2D eigenvalue weighted by molar-refractivity contribution is 9.10. The third kappa shape index (κ3) is 3.97. The summed E-state index contributed by atoms with van der Waals surface area (Å²) < 4.78 is 13.1. The molecule has 1 unspecified atom stereocenters. The second kappa shape index (κ2) is 8.17. The van der Waals surface area contributed by atoms with Gasteiger partial charge >= 0.3 is 5.97 Å². The molecule has 0 radical (unpaired) electrons. The third-order valence-corrected chi connectivity index (χ3v) is 5.23. The zero-order chi connectivity index (χ0) is 17.8. The predicted molar refractivity (Wildman–Crippen MR) is 101 cm³/mol. The molecule has 2 heterocycles. The molecule has 2 aromatic rings. The van der Waals surface area contributed by atoms with E-state index in [4.69, 9.17) is 16.3 Å². The topological polar surface area (TPSA) is 53.3 Å². The van der Waals surface area contributed by atoms with Crippen LogP contribution in [-0.4, -0.2) is 29.5 Å². The molecule has 5 nitrogen and oxygen atoms in total. The van der Waals surface area contributed by atoms with Crippen LogP contribution in [0.15, 0.2) is 35.0 Å². The lowest BCUT2D eigenvalue weighted by Crippen LogP contribution is -2.18. The molecule has 7 heteroatoms. The molecule has 1 atom stereocenters. The first-order valence-corrected chi connectivity index (χ1v) is 9.18. The average Bonchev–Trinajstić information content (AvgIpc) is 3.05. The summed E-state index contributed by atoms with van der Waals surface area (Å²) >= 11 is 10.1. The number of rotatable bonds is 4. The normalized spacial score (nSPS) is 18.4. The number of hydrogen-bond acceptors (Lipinski definition) is 4. The van der Waals surface area contributed by atoms with Gasteiger partial charge in [-0.3, -0.25) is 0 Å². The number of allylic oxidation sites excluding steroid dienone is 2. The molecule has 0 bridgehead atoms. The molecule has 0 amide bonds. The Hall–Kier alpha value is -1.63. The summed E-state index contributed by atoms with van der Waals surface area (Å²) in [5, 5.41) is 6.06. The molecule has 1 saturated heterocycles. The maximum absolute atomic E-state index is 11.1. The van der Waals surface area contributed by atoms with Gasteiger partial charge in [0.05, 0.1) is 23.8 Å². The maximum Gasteiger partial charge on any atom is 0.330 e. The molecule has 0 spiro atoms. The van der Waals surface area contributed by atoms with Crippen LogP contribution < -0.4 is 0 Å². The van der Waals surface area contributed by atoms with E-state index in [1.165, 1.54) is 13.2 Å². The number of carbonyl (C=O) groups excluding carboxylic acids is 1. The number of ether oxygens (including phenoxy) is 2. The molecule has 132 valence electrons. The Labute approximate surface area is 159 Å². The molecular weight excluding hydrogens is 408 g/mol. The highest BCUT2D eigenvalue weighted by Gasteiger charge is 2.20. The van der Waals surface area contributed by atoms with Crippen LogP contribution >= 0.6 is 27.5 Å². The summed E-state index contributed by atoms with van der Waals surface area (Å²) in [5.41, 5.74) is 1.76. The number of halogens is 2. The lowest BCUT2D eigenvalue weighted by atomic mass is 10.1. The summed E-state index contributed by atoms with van der Waals surface area (Å²) in [6, 6.07) is 1.90. The van der Waals surface area contributed by atoms with Gasteiger partial charge in [0, 0.05) is 28.1 Å². The van der Waals surface area contributed by atoms with E-state index >= 15 is 0 Å². The van der Waals surface area contributed by atoms with Gasteiger partial charge in [-0.1, -0.05) is 29.8 Å². The summed E-state index contributed by atoms with van der Waals surface area (Å²) in [6.07, 6.45) is 11.5. The van der Waals surface area contributed by atoms with Gasteiger partial charge in [0.2, 0.25) is 0 Å². The van der Waals surface area contributed by atoms with Crippen molar-refractivity contribution in [1.29, 1.82) is 0 Å². The molecule has 25 heavy (non-hydrogen) atoms. The molecule has 0 saturated carbocycles. The van der Waals surface area contributed by atoms with Gasteiger partial charge < -0.3 is 9.47 Å². The Morgan fingerprint density at radius 3 is 3.04 bits per heavy atom. The first kappa shape index (κ1) is 18.2. The van der Waals surface area contributed by atoms with Crippen molar-refractivity contribution in [3.05, 3.63) is 45.6 Å². The van der Waals surface area contributed by atoms with E-state index < -0.39 is 5.97 Å². The summed E-state index contributed by atoms with van der Waals surface area (Å²) in [5.74, 6) is -0.404. The highest BCUT2D eigenvalue weighted by atomic mass is 79.9. The SMILES string of the molecule is COC(=O)/C=C/C=C/c1c(Cl)cc2c(cnn2C2CCCCO2)c1Br. The van der Waals surface area contributed by atoms with Gasteiger partial charge in [0.25, 0.3) is 0 Å². The zero-order valence-electron chi connectivity index (χ0n) is 13.7. The fourth-order valence-electron chi connectivity index (χ4n) is 2.79. The van der Waals surface area contributed by atoms with Crippen LogP contribution in [0, 0.1) is 0 Å². The summed E-state index contributed by atoms with van der Waals surface area (Å²) in [6.45, 7) is 0.758. The van der Waals surface area contributed by atoms with Crippen LogP contribution in [0.25, 0.3) is 17.0 Å². The molecule has 1 aromatic carbocycles. The van der Waals surface area contributed by atoms with Crippen LogP contribution in [0.4, 0.5) is 0 Å². The van der Waals surface area contributed by atoms with Crippen LogP contribution in [0.3, 0.4) is 0 Å². The summed E-state index contributed by atoms with van der Waals surface area (Å²) in [7, 11) is 1.34. The molecule has 0 aliphatic carbocycles. The van der Waals surface area contributed by atoms with Gasteiger partial charge in [-0.2, -0.15) is 5.10 Å². The Balaban J connectivity index is 1.93. The van der Waals surface area contributed by atoms with E-state index in [0.717, 1.165) is 46.8 Å². The van der Waals surface area contributed by atoms with Crippen molar-refractivity contribution >= 4 is 50.5 Å². The van der Waals surface area contributed by atoms with Crippen LogP contribution in [0.1, 0.15) is 31.1 Å². The molecule has 1 aromatic heterocycles. The van der Waals surface area contributed by atoms with E-state index in [0.29, 0.717) is 5.02 Å². The Kier molecular flexibility index (Phi) is 5.93. The Morgan fingerprint density at radius 2 is 2.32 bits per heavy atom. The Bertz CT molecular complexity index is 838.